The van der Waals surface area contributed by atoms with E-state index in [1.54, 1.807) is 6.07 Å². The molecule has 0 saturated carbocycles. The fourth-order valence-corrected chi connectivity index (χ4v) is 3.96. The molecular formula is C23H22Cl2N6S. The standard InChI is InChI=1S/C23H22Cl2N6S/c1-15-5-3-4-6-17(15)13-30-10-9-21(28-30)26-23(32)27-22-11-16(2)31(29-22)14-18-7-8-19(24)12-20(18)25/h3-12H,13-14H2,1-2H3,(H2,26,27,28,29,32). The number of halogens is 2. The predicted molar refractivity (Wildman–Crippen MR) is 135 cm³/mol. The molecule has 2 heterocycles. The van der Waals surface area contributed by atoms with Crippen LogP contribution in [0.4, 0.5) is 11.6 Å². The van der Waals surface area contributed by atoms with Crippen LogP contribution in [0.5, 0.6) is 0 Å². The molecule has 0 spiro atoms. The molecule has 0 bridgehead atoms. The third kappa shape index (κ3) is 5.48. The molecule has 6 nitrogen and oxygen atoms in total. The van der Waals surface area contributed by atoms with Crippen molar-refractivity contribution in [2.45, 2.75) is 26.9 Å². The summed E-state index contributed by atoms with van der Waals surface area (Å²) < 4.78 is 3.74. The van der Waals surface area contributed by atoms with Crippen molar-refractivity contribution in [3.8, 4) is 0 Å². The van der Waals surface area contributed by atoms with E-state index in [4.69, 9.17) is 35.4 Å². The minimum absolute atomic E-state index is 0.417. The van der Waals surface area contributed by atoms with Gasteiger partial charge in [-0.25, -0.2) is 0 Å². The second-order valence-electron chi connectivity index (χ2n) is 7.47. The third-order valence-electron chi connectivity index (χ3n) is 5.03. The van der Waals surface area contributed by atoms with Crippen LogP contribution in [0.1, 0.15) is 22.4 Å². The van der Waals surface area contributed by atoms with Gasteiger partial charge in [-0.3, -0.25) is 9.36 Å². The zero-order valence-corrected chi connectivity index (χ0v) is 20.0. The first-order valence-electron chi connectivity index (χ1n) is 10.0. The van der Waals surface area contributed by atoms with Gasteiger partial charge in [0.15, 0.2) is 16.7 Å². The Morgan fingerprint density at radius 2 is 1.69 bits per heavy atom. The SMILES string of the molecule is Cc1ccccc1Cn1ccc(NC(=S)Nc2cc(C)n(Cc3ccc(Cl)cc3Cl)n2)n1. The van der Waals surface area contributed by atoms with Crippen LogP contribution in [0.15, 0.2) is 60.8 Å². The largest absolute Gasteiger partial charge is 0.316 e. The Bertz CT molecular complexity index is 1260. The quantitative estimate of drug-likeness (QED) is 0.333. The van der Waals surface area contributed by atoms with E-state index in [0.717, 1.165) is 11.3 Å². The molecule has 0 aliphatic rings. The van der Waals surface area contributed by atoms with E-state index < -0.39 is 0 Å². The Morgan fingerprint density at radius 3 is 2.47 bits per heavy atom. The minimum atomic E-state index is 0.417. The summed E-state index contributed by atoms with van der Waals surface area (Å²) >= 11 is 17.7. The molecule has 2 aromatic carbocycles. The topological polar surface area (TPSA) is 59.7 Å². The number of anilines is 2. The van der Waals surface area contributed by atoms with Gasteiger partial charge >= 0.3 is 0 Å². The molecule has 0 aliphatic heterocycles. The van der Waals surface area contributed by atoms with Crippen LogP contribution in [0, 0.1) is 13.8 Å². The van der Waals surface area contributed by atoms with Crippen molar-refractivity contribution in [2.75, 3.05) is 10.6 Å². The van der Waals surface area contributed by atoms with E-state index in [1.165, 1.54) is 11.1 Å². The van der Waals surface area contributed by atoms with Crippen molar-refractivity contribution >= 4 is 52.2 Å². The Kier molecular flexibility index (Phi) is 6.79. The normalized spacial score (nSPS) is 10.9. The highest BCUT2D eigenvalue weighted by Gasteiger charge is 2.10. The van der Waals surface area contributed by atoms with Gasteiger partial charge < -0.3 is 10.6 Å². The fraction of sp³-hybridized carbons (Fsp3) is 0.174. The number of benzene rings is 2. The van der Waals surface area contributed by atoms with Gasteiger partial charge in [0, 0.05) is 34.1 Å². The van der Waals surface area contributed by atoms with Crippen molar-refractivity contribution < 1.29 is 0 Å². The molecule has 4 rings (SSSR count). The smallest absolute Gasteiger partial charge is 0.177 e. The molecule has 0 amide bonds. The molecule has 0 unspecified atom stereocenters. The second kappa shape index (κ2) is 9.73. The van der Waals surface area contributed by atoms with Gasteiger partial charge in [-0.15, -0.1) is 0 Å². The third-order valence-corrected chi connectivity index (χ3v) is 5.82. The lowest BCUT2D eigenvalue weighted by Gasteiger charge is -2.08. The van der Waals surface area contributed by atoms with E-state index >= 15 is 0 Å². The van der Waals surface area contributed by atoms with Crippen molar-refractivity contribution in [1.82, 2.24) is 19.6 Å². The molecule has 0 saturated heterocycles. The summed E-state index contributed by atoms with van der Waals surface area (Å²) in [6.45, 7) is 5.31. The molecule has 164 valence electrons. The van der Waals surface area contributed by atoms with Crippen LogP contribution in [0.25, 0.3) is 0 Å². The summed E-state index contributed by atoms with van der Waals surface area (Å²) in [6, 6.07) is 17.5. The maximum atomic E-state index is 6.29. The van der Waals surface area contributed by atoms with Gasteiger partial charge in [0.25, 0.3) is 0 Å². The van der Waals surface area contributed by atoms with E-state index in [9.17, 15) is 0 Å². The number of nitrogens with zero attached hydrogens (tertiary/aromatic N) is 4. The first-order valence-corrected chi connectivity index (χ1v) is 11.2. The van der Waals surface area contributed by atoms with Crippen LogP contribution in [0.2, 0.25) is 10.0 Å². The van der Waals surface area contributed by atoms with Crippen molar-refractivity contribution in [3.05, 3.63) is 93.2 Å². The maximum absolute atomic E-state index is 6.29. The number of nitrogens with one attached hydrogen (secondary N) is 2. The van der Waals surface area contributed by atoms with Crippen molar-refractivity contribution in [2.24, 2.45) is 0 Å². The number of hydrogen-bond acceptors (Lipinski definition) is 3. The highest BCUT2D eigenvalue weighted by Crippen LogP contribution is 2.22. The number of aromatic nitrogens is 4. The summed E-state index contributed by atoms with van der Waals surface area (Å²) in [5.74, 6) is 1.31. The van der Waals surface area contributed by atoms with Crippen molar-refractivity contribution in [3.63, 3.8) is 0 Å². The van der Waals surface area contributed by atoms with Crippen LogP contribution >= 0.6 is 35.4 Å². The first kappa shape index (κ1) is 22.3. The van der Waals surface area contributed by atoms with E-state index in [0.29, 0.717) is 39.9 Å². The summed E-state index contributed by atoms with van der Waals surface area (Å²) in [4.78, 5) is 0. The van der Waals surface area contributed by atoms with Gasteiger partial charge in [-0.05, 0) is 54.9 Å². The van der Waals surface area contributed by atoms with Gasteiger partial charge in [0.2, 0.25) is 0 Å². The average molecular weight is 485 g/mol. The number of rotatable bonds is 6. The molecule has 4 aromatic rings. The highest BCUT2D eigenvalue weighted by molar-refractivity contribution is 7.80. The molecule has 0 atom stereocenters. The predicted octanol–water partition coefficient (Wildman–Crippen LogP) is 5.91. The molecular weight excluding hydrogens is 463 g/mol. The van der Waals surface area contributed by atoms with Gasteiger partial charge in [0.1, 0.15) is 0 Å². The second-order valence-corrected chi connectivity index (χ2v) is 8.72. The summed E-state index contributed by atoms with van der Waals surface area (Å²) in [6.07, 6.45) is 1.92. The Balaban J connectivity index is 1.37. The first-order chi connectivity index (χ1) is 15.4. The van der Waals surface area contributed by atoms with E-state index in [-0.39, 0.29) is 0 Å². The highest BCUT2D eigenvalue weighted by atomic mass is 35.5. The monoisotopic (exact) mass is 484 g/mol. The van der Waals surface area contributed by atoms with Gasteiger partial charge in [-0.2, -0.15) is 10.2 Å². The lowest BCUT2D eigenvalue weighted by Crippen LogP contribution is -2.20. The molecule has 0 radical (unpaired) electrons. The van der Waals surface area contributed by atoms with E-state index in [2.05, 4.69) is 39.9 Å². The Hall–Kier alpha value is -2.87. The molecule has 9 heteroatoms. The van der Waals surface area contributed by atoms with Crippen LogP contribution in [-0.4, -0.2) is 24.7 Å². The van der Waals surface area contributed by atoms with Crippen LogP contribution in [0.3, 0.4) is 0 Å². The van der Waals surface area contributed by atoms with E-state index in [1.807, 2.05) is 58.9 Å². The zero-order valence-electron chi connectivity index (χ0n) is 17.6. The van der Waals surface area contributed by atoms with Crippen LogP contribution in [-0.2, 0) is 13.1 Å². The number of aryl methyl sites for hydroxylation is 2. The Labute approximate surface area is 202 Å². The molecule has 32 heavy (non-hydrogen) atoms. The fourth-order valence-electron chi connectivity index (χ4n) is 3.28. The molecule has 2 aromatic heterocycles. The van der Waals surface area contributed by atoms with Crippen LogP contribution < -0.4 is 10.6 Å². The lowest BCUT2D eigenvalue weighted by molar-refractivity contribution is 0.668. The summed E-state index contributed by atoms with van der Waals surface area (Å²) in [5, 5.41) is 17.0. The number of hydrogen-bond donors (Lipinski definition) is 2. The summed E-state index contributed by atoms with van der Waals surface area (Å²) in [5.41, 5.74) is 4.38. The molecule has 0 aliphatic carbocycles. The molecule has 0 fully saturated rings. The van der Waals surface area contributed by atoms with Gasteiger partial charge in [-0.1, -0.05) is 53.5 Å². The minimum Gasteiger partial charge on any atom is -0.316 e. The Morgan fingerprint density at radius 1 is 0.906 bits per heavy atom. The average Bonchev–Trinajstić information content (AvgIpc) is 3.31. The summed E-state index contributed by atoms with van der Waals surface area (Å²) in [7, 11) is 0. The maximum Gasteiger partial charge on any atom is 0.177 e. The lowest BCUT2D eigenvalue weighted by atomic mass is 10.1. The molecule has 2 N–H and O–H groups in total. The number of thiocarbonyl (C=S) groups is 1. The zero-order chi connectivity index (χ0) is 22.7. The van der Waals surface area contributed by atoms with Crippen molar-refractivity contribution in [1.29, 1.82) is 0 Å². The van der Waals surface area contributed by atoms with Gasteiger partial charge in [0.05, 0.1) is 13.1 Å².